The minimum atomic E-state index is -0.479. The lowest BCUT2D eigenvalue weighted by Gasteiger charge is -2.40. The Balaban J connectivity index is 2.57. The minimum absolute atomic E-state index is 0.00380. The normalized spacial score (nSPS) is 20.8. The standard InChI is InChI=1S/C13H24N2O3/c1-6-11(16)14-7-8-15(10(2)9-14)12(17)18-13(3,4)5/h10H,6-9H2,1-5H3. The summed E-state index contributed by atoms with van der Waals surface area (Å²) in [4.78, 5) is 27.1. The number of carbonyl (C=O) groups is 2. The first kappa shape index (κ1) is 14.8. The topological polar surface area (TPSA) is 49.9 Å². The third kappa shape index (κ3) is 3.89. The van der Waals surface area contributed by atoms with Crippen molar-refractivity contribution in [3.63, 3.8) is 0 Å². The predicted molar refractivity (Wildman–Crippen MR) is 69.3 cm³/mol. The van der Waals surface area contributed by atoms with E-state index in [1.807, 2.05) is 39.5 Å². The number of nitrogens with zero attached hydrogens (tertiary/aromatic N) is 2. The Morgan fingerprint density at radius 3 is 2.33 bits per heavy atom. The summed E-state index contributed by atoms with van der Waals surface area (Å²) in [6.45, 7) is 11.1. The zero-order valence-corrected chi connectivity index (χ0v) is 12.0. The van der Waals surface area contributed by atoms with Crippen LogP contribution in [0.15, 0.2) is 0 Å². The maximum Gasteiger partial charge on any atom is 0.410 e. The van der Waals surface area contributed by atoms with Gasteiger partial charge in [0.15, 0.2) is 0 Å². The van der Waals surface area contributed by atoms with E-state index >= 15 is 0 Å². The number of ether oxygens (including phenoxy) is 1. The molecule has 104 valence electrons. The Hall–Kier alpha value is -1.26. The molecule has 0 bridgehead atoms. The van der Waals surface area contributed by atoms with Crippen molar-refractivity contribution in [1.82, 2.24) is 9.80 Å². The highest BCUT2D eigenvalue weighted by Gasteiger charge is 2.31. The van der Waals surface area contributed by atoms with E-state index in [1.54, 1.807) is 4.90 Å². The van der Waals surface area contributed by atoms with Gasteiger partial charge in [-0.15, -0.1) is 0 Å². The van der Waals surface area contributed by atoms with E-state index in [2.05, 4.69) is 0 Å². The molecule has 0 aromatic rings. The number of amides is 2. The van der Waals surface area contributed by atoms with E-state index in [0.29, 0.717) is 26.1 Å². The molecule has 0 radical (unpaired) electrons. The van der Waals surface area contributed by atoms with Gasteiger partial charge < -0.3 is 14.5 Å². The van der Waals surface area contributed by atoms with Gasteiger partial charge in [-0.25, -0.2) is 4.79 Å². The molecule has 1 aliphatic rings. The van der Waals surface area contributed by atoms with Crippen molar-refractivity contribution < 1.29 is 14.3 Å². The van der Waals surface area contributed by atoms with Crippen LogP contribution in [0.4, 0.5) is 4.79 Å². The fourth-order valence-electron chi connectivity index (χ4n) is 2.00. The third-order valence-electron chi connectivity index (χ3n) is 2.91. The number of piperazine rings is 1. The summed E-state index contributed by atoms with van der Waals surface area (Å²) in [5.74, 6) is 0.144. The molecule has 0 aromatic carbocycles. The monoisotopic (exact) mass is 256 g/mol. The Morgan fingerprint density at radius 1 is 1.28 bits per heavy atom. The van der Waals surface area contributed by atoms with Crippen LogP contribution in [-0.4, -0.2) is 53.1 Å². The van der Waals surface area contributed by atoms with Crippen LogP contribution in [0.5, 0.6) is 0 Å². The lowest BCUT2D eigenvalue weighted by Crippen LogP contribution is -2.56. The van der Waals surface area contributed by atoms with Crippen molar-refractivity contribution in [2.45, 2.75) is 52.7 Å². The van der Waals surface area contributed by atoms with Crippen LogP contribution in [0.2, 0.25) is 0 Å². The number of carbonyl (C=O) groups excluding carboxylic acids is 2. The number of hydrogen-bond donors (Lipinski definition) is 0. The average molecular weight is 256 g/mol. The van der Waals surface area contributed by atoms with Gasteiger partial charge in [-0.3, -0.25) is 4.79 Å². The first-order valence-electron chi connectivity index (χ1n) is 6.52. The third-order valence-corrected chi connectivity index (χ3v) is 2.91. The molecule has 18 heavy (non-hydrogen) atoms. The van der Waals surface area contributed by atoms with Gasteiger partial charge in [-0.05, 0) is 27.7 Å². The van der Waals surface area contributed by atoms with Crippen molar-refractivity contribution in [2.24, 2.45) is 0 Å². The largest absolute Gasteiger partial charge is 0.444 e. The molecule has 1 saturated heterocycles. The Bertz CT molecular complexity index is 323. The maximum atomic E-state index is 12.0. The second-order valence-electron chi connectivity index (χ2n) is 5.72. The van der Waals surface area contributed by atoms with Crippen LogP contribution >= 0.6 is 0 Å². The molecule has 0 spiro atoms. The van der Waals surface area contributed by atoms with Crippen LogP contribution in [0.3, 0.4) is 0 Å². The van der Waals surface area contributed by atoms with Gasteiger partial charge in [0, 0.05) is 32.1 Å². The molecule has 1 atom stereocenters. The molecular weight excluding hydrogens is 232 g/mol. The summed E-state index contributed by atoms with van der Waals surface area (Å²) in [7, 11) is 0. The highest BCUT2D eigenvalue weighted by Crippen LogP contribution is 2.16. The fraction of sp³-hybridized carbons (Fsp3) is 0.846. The SMILES string of the molecule is CCC(=O)N1CCN(C(=O)OC(C)(C)C)C(C)C1. The molecule has 1 rings (SSSR count). The van der Waals surface area contributed by atoms with Gasteiger partial charge >= 0.3 is 6.09 Å². The van der Waals surface area contributed by atoms with Crippen molar-refractivity contribution in [3.05, 3.63) is 0 Å². The van der Waals surface area contributed by atoms with Crippen LogP contribution in [0.25, 0.3) is 0 Å². The summed E-state index contributed by atoms with van der Waals surface area (Å²) in [5, 5.41) is 0. The Labute approximate surface area is 109 Å². The molecule has 1 fully saturated rings. The molecule has 1 aliphatic heterocycles. The van der Waals surface area contributed by atoms with Gasteiger partial charge in [0.1, 0.15) is 5.60 Å². The van der Waals surface area contributed by atoms with E-state index in [1.165, 1.54) is 0 Å². The Kier molecular flexibility index (Phi) is 4.59. The molecule has 5 heteroatoms. The van der Waals surface area contributed by atoms with Crippen LogP contribution in [-0.2, 0) is 9.53 Å². The predicted octanol–water partition coefficient (Wildman–Crippen LogP) is 1.86. The zero-order valence-electron chi connectivity index (χ0n) is 12.0. The van der Waals surface area contributed by atoms with Crippen LogP contribution in [0, 0.1) is 0 Å². The molecule has 0 N–H and O–H groups in total. The molecule has 1 unspecified atom stereocenters. The van der Waals surface area contributed by atoms with E-state index in [-0.39, 0.29) is 18.0 Å². The van der Waals surface area contributed by atoms with E-state index < -0.39 is 5.60 Å². The van der Waals surface area contributed by atoms with Gasteiger partial charge in [-0.1, -0.05) is 6.92 Å². The number of rotatable bonds is 1. The first-order chi connectivity index (χ1) is 8.24. The minimum Gasteiger partial charge on any atom is -0.444 e. The van der Waals surface area contributed by atoms with Gasteiger partial charge in [0.25, 0.3) is 0 Å². The van der Waals surface area contributed by atoms with Gasteiger partial charge in [0.05, 0.1) is 0 Å². The first-order valence-corrected chi connectivity index (χ1v) is 6.52. The molecule has 0 aromatic heterocycles. The number of hydrogen-bond acceptors (Lipinski definition) is 3. The quantitative estimate of drug-likeness (QED) is 0.719. The van der Waals surface area contributed by atoms with Crippen molar-refractivity contribution in [2.75, 3.05) is 19.6 Å². The molecule has 0 saturated carbocycles. The second-order valence-corrected chi connectivity index (χ2v) is 5.72. The van der Waals surface area contributed by atoms with E-state index in [0.717, 1.165) is 0 Å². The second kappa shape index (κ2) is 5.59. The lowest BCUT2D eigenvalue weighted by molar-refractivity contribution is -0.133. The van der Waals surface area contributed by atoms with E-state index in [9.17, 15) is 9.59 Å². The average Bonchev–Trinajstić information content (AvgIpc) is 2.25. The molecule has 2 amide bonds. The summed E-state index contributed by atoms with van der Waals surface area (Å²) >= 11 is 0. The van der Waals surface area contributed by atoms with Crippen molar-refractivity contribution in [3.8, 4) is 0 Å². The summed E-state index contributed by atoms with van der Waals surface area (Å²) in [6.07, 6.45) is 0.220. The van der Waals surface area contributed by atoms with Crippen LogP contribution in [0.1, 0.15) is 41.0 Å². The highest BCUT2D eigenvalue weighted by molar-refractivity contribution is 5.76. The highest BCUT2D eigenvalue weighted by atomic mass is 16.6. The molecule has 1 heterocycles. The molecule has 5 nitrogen and oxygen atoms in total. The van der Waals surface area contributed by atoms with Crippen LogP contribution < -0.4 is 0 Å². The molecular formula is C13H24N2O3. The molecule has 0 aliphatic carbocycles. The van der Waals surface area contributed by atoms with Crippen molar-refractivity contribution >= 4 is 12.0 Å². The smallest absolute Gasteiger partial charge is 0.410 e. The Morgan fingerprint density at radius 2 is 1.89 bits per heavy atom. The van der Waals surface area contributed by atoms with Gasteiger partial charge in [0.2, 0.25) is 5.91 Å². The summed E-state index contributed by atoms with van der Waals surface area (Å²) < 4.78 is 5.35. The zero-order chi connectivity index (χ0) is 13.9. The maximum absolute atomic E-state index is 12.0. The van der Waals surface area contributed by atoms with Gasteiger partial charge in [-0.2, -0.15) is 0 Å². The lowest BCUT2D eigenvalue weighted by atomic mass is 10.2. The van der Waals surface area contributed by atoms with E-state index in [4.69, 9.17) is 4.74 Å². The summed E-state index contributed by atoms with van der Waals surface area (Å²) in [5.41, 5.74) is -0.479. The van der Waals surface area contributed by atoms with Crippen molar-refractivity contribution in [1.29, 1.82) is 0 Å². The summed E-state index contributed by atoms with van der Waals surface area (Å²) in [6, 6.07) is 0.00380. The fourth-order valence-corrected chi connectivity index (χ4v) is 2.00.